The number of amides is 1. The molecule has 0 aromatic rings. The number of hydrogen-bond donors (Lipinski definition) is 1. The van der Waals surface area contributed by atoms with E-state index in [1.54, 1.807) is 13.1 Å². The van der Waals surface area contributed by atoms with Crippen LogP contribution in [0, 0.1) is 5.92 Å². The highest BCUT2D eigenvalue weighted by Crippen LogP contribution is 2.23. The molecule has 0 atom stereocenters. The summed E-state index contributed by atoms with van der Waals surface area (Å²) in [6, 6.07) is 0.339. The Morgan fingerprint density at radius 3 is 2.44 bits per heavy atom. The van der Waals surface area contributed by atoms with Gasteiger partial charge in [0.05, 0.1) is 0 Å². The molecule has 0 heterocycles. The molecule has 90 valence electrons. The van der Waals surface area contributed by atoms with Gasteiger partial charge in [0.1, 0.15) is 5.71 Å². The molecule has 1 fully saturated rings. The molecule has 1 amide bonds. The number of nitrogens with zero attached hydrogens (tertiary/aromatic N) is 1. The summed E-state index contributed by atoms with van der Waals surface area (Å²) in [6.07, 6.45) is 8.21. The van der Waals surface area contributed by atoms with Gasteiger partial charge < -0.3 is 5.32 Å². The zero-order chi connectivity index (χ0) is 12.0. The Labute approximate surface area is 98.0 Å². The van der Waals surface area contributed by atoms with Crippen LogP contribution in [0.15, 0.2) is 17.1 Å². The van der Waals surface area contributed by atoms with Gasteiger partial charge in [-0.15, -0.1) is 0 Å². The number of allylic oxidation sites excluding steroid dienone is 1. The van der Waals surface area contributed by atoms with Crippen LogP contribution in [-0.2, 0) is 4.79 Å². The van der Waals surface area contributed by atoms with Crippen molar-refractivity contribution in [2.24, 2.45) is 10.9 Å². The molecule has 0 radical (unpaired) electrons. The van der Waals surface area contributed by atoms with E-state index >= 15 is 0 Å². The summed E-state index contributed by atoms with van der Waals surface area (Å²) >= 11 is 0. The molecule has 3 heteroatoms. The van der Waals surface area contributed by atoms with Gasteiger partial charge in [-0.05, 0) is 44.6 Å². The number of carbonyl (C=O) groups excluding carboxylic acids is 1. The van der Waals surface area contributed by atoms with E-state index in [2.05, 4.69) is 17.2 Å². The topological polar surface area (TPSA) is 41.5 Å². The van der Waals surface area contributed by atoms with Crippen LogP contribution in [0.3, 0.4) is 0 Å². The van der Waals surface area contributed by atoms with Crippen LogP contribution in [0.4, 0.5) is 0 Å². The molecule has 0 bridgehead atoms. The summed E-state index contributed by atoms with van der Waals surface area (Å²) in [4.78, 5) is 15.8. The first-order valence-electron chi connectivity index (χ1n) is 6.07. The standard InChI is InChI=1S/C13H22N2O/c1-4-5-12(14-3)13(16)15-11-8-6-10(2)7-9-11/h4-5,10-11H,6-9H2,1-3H3,(H,15,16)/b5-4-,14-12?. The van der Waals surface area contributed by atoms with E-state index in [0.717, 1.165) is 18.8 Å². The van der Waals surface area contributed by atoms with Gasteiger partial charge >= 0.3 is 0 Å². The summed E-state index contributed by atoms with van der Waals surface area (Å²) in [7, 11) is 1.65. The molecule has 1 aliphatic rings. The summed E-state index contributed by atoms with van der Waals surface area (Å²) in [5, 5.41) is 3.05. The Balaban J connectivity index is 2.45. The van der Waals surface area contributed by atoms with Gasteiger partial charge in [-0.2, -0.15) is 0 Å². The second-order valence-electron chi connectivity index (χ2n) is 4.54. The van der Waals surface area contributed by atoms with Crippen molar-refractivity contribution in [1.82, 2.24) is 5.32 Å². The zero-order valence-corrected chi connectivity index (χ0v) is 10.5. The maximum Gasteiger partial charge on any atom is 0.269 e. The maximum absolute atomic E-state index is 11.8. The Morgan fingerprint density at radius 2 is 1.94 bits per heavy atom. The minimum Gasteiger partial charge on any atom is -0.348 e. The van der Waals surface area contributed by atoms with E-state index in [-0.39, 0.29) is 5.91 Å². The monoisotopic (exact) mass is 222 g/mol. The molecule has 0 saturated heterocycles. The van der Waals surface area contributed by atoms with Gasteiger partial charge in [0.15, 0.2) is 0 Å². The molecule has 0 spiro atoms. The Morgan fingerprint density at radius 1 is 1.31 bits per heavy atom. The normalized spacial score (nSPS) is 27.1. The molecular weight excluding hydrogens is 200 g/mol. The van der Waals surface area contributed by atoms with Crippen molar-refractivity contribution >= 4 is 11.6 Å². The fraction of sp³-hybridized carbons (Fsp3) is 0.692. The van der Waals surface area contributed by atoms with Crippen molar-refractivity contribution in [3.05, 3.63) is 12.2 Å². The van der Waals surface area contributed by atoms with Gasteiger partial charge in [-0.3, -0.25) is 9.79 Å². The summed E-state index contributed by atoms with van der Waals surface area (Å²) < 4.78 is 0. The number of hydrogen-bond acceptors (Lipinski definition) is 2. The highest BCUT2D eigenvalue weighted by molar-refractivity contribution is 6.43. The van der Waals surface area contributed by atoms with Crippen molar-refractivity contribution < 1.29 is 4.79 Å². The van der Waals surface area contributed by atoms with Gasteiger partial charge in [0, 0.05) is 13.1 Å². The van der Waals surface area contributed by atoms with E-state index in [1.165, 1.54) is 12.8 Å². The molecule has 0 unspecified atom stereocenters. The second kappa shape index (κ2) is 6.46. The zero-order valence-electron chi connectivity index (χ0n) is 10.5. The highest BCUT2D eigenvalue weighted by Gasteiger charge is 2.20. The van der Waals surface area contributed by atoms with E-state index in [1.807, 2.05) is 13.0 Å². The molecule has 0 aliphatic heterocycles. The lowest BCUT2D eigenvalue weighted by Crippen LogP contribution is -2.40. The molecule has 1 rings (SSSR count). The molecule has 1 saturated carbocycles. The first-order chi connectivity index (χ1) is 7.67. The number of rotatable bonds is 3. The average molecular weight is 222 g/mol. The van der Waals surface area contributed by atoms with Gasteiger partial charge in [-0.1, -0.05) is 13.0 Å². The lowest BCUT2D eigenvalue weighted by atomic mass is 9.87. The van der Waals surface area contributed by atoms with Crippen LogP contribution < -0.4 is 5.32 Å². The molecule has 0 aromatic heterocycles. The molecule has 1 N–H and O–H groups in total. The molecule has 3 nitrogen and oxygen atoms in total. The number of aliphatic imine (C=N–C) groups is 1. The third-order valence-corrected chi connectivity index (χ3v) is 3.15. The van der Waals surface area contributed by atoms with Crippen molar-refractivity contribution in [1.29, 1.82) is 0 Å². The van der Waals surface area contributed by atoms with E-state index < -0.39 is 0 Å². The van der Waals surface area contributed by atoms with Crippen LogP contribution in [0.1, 0.15) is 39.5 Å². The van der Waals surface area contributed by atoms with Crippen LogP contribution in [0.5, 0.6) is 0 Å². The van der Waals surface area contributed by atoms with Gasteiger partial charge in [0.25, 0.3) is 5.91 Å². The predicted octanol–water partition coefficient (Wildman–Crippen LogP) is 2.33. The largest absolute Gasteiger partial charge is 0.348 e. The molecular formula is C13H22N2O. The fourth-order valence-corrected chi connectivity index (χ4v) is 2.07. The minimum absolute atomic E-state index is 0.0415. The fourth-order valence-electron chi connectivity index (χ4n) is 2.07. The van der Waals surface area contributed by atoms with Gasteiger partial charge in [-0.25, -0.2) is 0 Å². The third kappa shape index (κ3) is 3.80. The van der Waals surface area contributed by atoms with Crippen molar-refractivity contribution in [2.75, 3.05) is 7.05 Å². The summed E-state index contributed by atoms with van der Waals surface area (Å²) in [6.45, 7) is 4.16. The molecule has 0 aromatic carbocycles. The van der Waals surface area contributed by atoms with E-state index in [4.69, 9.17) is 0 Å². The SMILES string of the molecule is C/C=C\C(=NC)C(=O)NC1CCC(C)CC1. The Kier molecular flexibility index (Phi) is 5.23. The van der Waals surface area contributed by atoms with Gasteiger partial charge in [0.2, 0.25) is 0 Å². The average Bonchev–Trinajstić information content (AvgIpc) is 2.29. The first-order valence-corrected chi connectivity index (χ1v) is 6.07. The van der Waals surface area contributed by atoms with E-state index in [0.29, 0.717) is 11.8 Å². The van der Waals surface area contributed by atoms with Crippen LogP contribution in [-0.4, -0.2) is 24.7 Å². The Bertz CT molecular complexity index is 286. The highest BCUT2D eigenvalue weighted by atomic mass is 16.1. The smallest absolute Gasteiger partial charge is 0.269 e. The third-order valence-electron chi connectivity index (χ3n) is 3.15. The Hall–Kier alpha value is -1.12. The molecule has 1 aliphatic carbocycles. The summed E-state index contributed by atoms with van der Waals surface area (Å²) in [5.74, 6) is 0.767. The lowest BCUT2D eigenvalue weighted by Gasteiger charge is -2.26. The molecule has 16 heavy (non-hydrogen) atoms. The first kappa shape index (κ1) is 12.9. The number of carbonyl (C=O) groups is 1. The predicted molar refractivity (Wildman–Crippen MR) is 67.7 cm³/mol. The van der Waals surface area contributed by atoms with Crippen LogP contribution >= 0.6 is 0 Å². The minimum atomic E-state index is -0.0415. The maximum atomic E-state index is 11.8. The summed E-state index contributed by atoms with van der Waals surface area (Å²) in [5.41, 5.74) is 0.515. The quantitative estimate of drug-likeness (QED) is 0.732. The van der Waals surface area contributed by atoms with Crippen LogP contribution in [0.25, 0.3) is 0 Å². The van der Waals surface area contributed by atoms with E-state index in [9.17, 15) is 4.79 Å². The van der Waals surface area contributed by atoms with Crippen molar-refractivity contribution in [3.8, 4) is 0 Å². The van der Waals surface area contributed by atoms with Crippen LogP contribution in [0.2, 0.25) is 0 Å². The number of nitrogens with one attached hydrogen (secondary N) is 1. The van der Waals surface area contributed by atoms with Crippen molar-refractivity contribution in [3.63, 3.8) is 0 Å². The van der Waals surface area contributed by atoms with Crippen molar-refractivity contribution in [2.45, 2.75) is 45.6 Å². The lowest BCUT2D eigenvalue weighted by molar-refractivity contribution is -0.115. The second-order valence-corrected chi connectivity index (χ2v) is 4.54.